The van der Waals surface area contributed by atoms with E-state index in [1.807, 2.05) is 24.3 Å². The number of rotatable bonds is 5. The summed E-state index contributed by atoms with van der Waals surface area (Å²) < 4.78 is 12.2. The number of methoxy groups -OCH3 is 1. The van der Waals surface area contributed by atoms with Crippen LogP contribution in [0.15, 0.2) is 38.7 Å². The second-order valence-corrected chi connectivity index (χ2v) is 8.85. The van der Waals surface area contributed by atoms with Gasteiger partial charge in [-0.3, -0.25) is 9.36 Å². The molecule has 0 amide bonds. The minimum atomic E-state index is 0.0273. The van der Waals surface area contributed by atoms with E-state index in [1.165, 1.54) is 22.2 Å². The predicted octanol–water partition coefficient (Wildman–Crippen LogP) is 3.83. The zero-order chi connectivity index (χ0) is 20.0. The van der Waals surface area contributed by atoms with Crippen LogP contribution in [-0.4, -0.2) is 26.8 Å². The van der Waals surface area contributed by atoms with Gasteiger partial charge >= 0.3 is 0 Å². The fraction of sp³-hybridized carbons (Fsp3) is 0.300. The number of fused-ring (bicyclic) bond motifs is 3. The Labute approximate surface area is 174 Å². The maximum absolute atomic E-state index is 12.9. The van der Waals surface area contributed by atoms with Crippen molar-refractivity contribution >= 4 is 33.3 Å². The fourth-order valence-electron chi connectivity index (χ4n) is 3.55. The van der Waals surface area contributed by atoms with Gasteiger partial charge in [0.2, 0.25) is 11.7 Å². The van der Waals surface area contributed by atoms with Gasteiger partial charge in [-0.1, -0.05) is 29.1 Å². The summed E-state index contributed by atoms with van der Waals surface area (Å²) in [4.78, 5) is 24.2. The summed E-state index contributed by atoms with van der Waals surface area (Å²) in [6, 6.07) is 7.51. The van der Waals surface area contributed by atoms with Crippen molar-refractivity contribution in [2.24, 2.45) is 7.05 Å². The van der Waals surface area contributed by atoms with Gasteiger partial charge in [-0.05, 0) is 37.0 Å². The third-order valence-electron chi connectivity index (χ3n) is 5.03. The first kappa shape index (κ1) is 18.4. The van der Waals surface area contributed by atoms with E-state index in [4.69, 9.17) is 14.2 Å². The van der Waals surface area contributed by atoms with Gasteiger partial charge in [0.1, 0.15) is 10.6 Å². The first-order valence-electron chi connectivity index (χ1n) is 9.25. The lowest BCUT2D eigenvalue weighted by Crippen LogP contribution is -2.20. The van der Waals surface area contributed by atoms with Crippen LogP contribution < -0.4 is 10.3 Å². The second kappa shape index (κ2) is 7.31. The van der Waals surface area contributed by atoms with E-state index in [0.29, 0.717) is 22.6 Å². The number of thioether (sulfide) groups is 1. The summed E-state index contributed by atoms with van der Waals surface area (Å²) in [7, 11) is 3.39. The molecule has 0 saturated heterocycles. The minimum absolute atomic E-state index is 0.0273. The normalized spacial score (nSPS) is 13.2. The van der Waals surface area contributed by atoms with Crippen LogP contribution in [0.5, 0.6) is 5.75 Å². The minimum Gasteiger partial charge on any atom is -0.497 e. The number of aromatic nitrogens is 4. The highest BCUT2D eigenvalue weighted by molar-refractivity contribution is 7.98. The zero-order valence-corrected chi connectivity index (χ0v) is 17.6. The lowest BCUT2D eigenvalue weighted by molar-refractivity contribution is 0.391. The molecule has 0 atom stereocenters. The molecular formula is C20H18N4O3S2. The maximum Gasteiger partial charge on any atom is 0.262 e. The van der Waals surface area contributed by atoms with E-state index < -0.39 is 0 Å². The molecule has 5 rings (SSSR count). The van der Waals surface area contributed by atoms with Gasteiger partial charge in [-0.25, -0.2) is 4.98 Å². The summed E-state index contributed by atoms with van der Waals surface area (Å²) in [6.07, 6.45) is 3.16. The smallest absolute Gasteiger partial charge is 0.262 e. The van der Waals surface area contributed by atoms with Crippen molar-refractivity contribution in [3.63, 3.8) is 0 Å². The van der Waals surface area contributed by atoms with Gasteiger partial charge in [-0.2, -0.15) is 4.98 Å². The molecule has 4 aromatic rings. The third kappa shape index (κ3) is 3.24. The molecule has 29 heavy (non-hydrogen) atoms. The molecule has 0 aliphatic heterocycles. The van der Waals surface area contributed by atoms with Gasteiger partial charge in [0.05, 0.1) is 18.2 Å². The van der Waals surface area contributed by atoms with Crippen LogP contribution in [-0.2, 0) is 25.6 Å². The van der Waals surface area contributed by atoms with Crippen molar-refractivity contribution in [3.8, 4) is 17.1 Å². The predicted molar refractivity (Wildman–Crippen MR) is 113 cm³/mol. The number of nitrogens with zero attached hydrogens (tertiary/aromatic N) is 4. The van der Waals surface area contributed by atoms with Gasteiger partial charge in [0.15, 0.2) is 5.16 Å². The average Bonchev–Trinajstić information content (AvgIpc) is 3.45. The molecule has 1 aliphatic rings. The van der Waals surface area contributed by atoms with Gasteiger partial charge < -0.3 is 9.26 Å². The van der Waals surface area contributed by atoms with Crippen molar-refractivity contribution < 1.29 is 9.26 Å². The molecule has 9 heteroatoms. The molecule has 3 heterocycles. The molecule has 1 aromatic carbocycles. The second-order valence-electron chi connectivity index (χ2n) is 6.83. The molecule has 0 N–H and O–H groups in total. The monoisotopic (exact) mass is 426 g/mol. The molecule has 7 nitrogen and oxygen atoms in total. The summed E-state index contributed by atoms with van der Waals surface area (Å²) in [5.41, 5.74) is 2.05. The lowest BCUT2D eigenvalue weighted by Gasteiger charge is -2.06. The van der Waals surface area contributed by atoms with Crippen LogP contribution in [0.25, 0.3) is 21.6 Å². The van der Waals surface area contributed by atoms with E-state index in [2.05, 4.69) is 10.1 Å². The highest BCUT2D eigenvalue weighted by Gasteiger charge is 2.22. The lowest BCUT2D eigenvalue weighted by atomic mass is 10.2. The van der Waals surface area contributed by atoms with E-state index >= 15 is 0 Å². The van der Waals surface area contributed by atoms with Crippen molar-refractivity contribution in [2.45, 2.75) is 30.2 Å². The number of aryl methyl sites for hydroxylation is 2. The van der Waals surface area contributed by atoms with Gasteiger partial charge in [0, 0.05) is 17.5 Å². The van der Waals surface area contributed by atoms with E-state index in [0.717, 1.165) is 40.8 Å². The SMILES string of the molecule is COc1cccc(-c2noc(CSc3nc4sc5c(c4c(=O)n3C)CCC5)n2)c1. The number of ether oxygens (including phenoxy) is 1. The van der Waals surface area contributed by atoms with Crippen molar-refractivity contribution in [1.29, 1.82) is 0 Å². The molecule has 0 fully saturated rings. The van der Waals surface area contributed by atoms with Crippen LogP contribution in [0.1, 0.15) is 22.8 Å². The van der Waals surface area contributed by atoms with Crippen LogP contribution in [0.2, 0.25) is 0 Å². The fourth-order valence-corrected chi connectivity index (χ4v) is 5.67. The summed E-state index contributed by atoms with van der Waals surface area (Å²) in [5.74, 6) is 2.16. The van der Waals surface area contributed by atoms with Crippen molar-refractivity contribution in [3.05, 3.63) is 51.0 Å². The molecule has 148 valence electrons. The molecular weight excluding hydrogens is 408 g/mol. The van der Waals surface area contributed by atoms with E-state index in [1.54, 1.807) is 30.1 Å². The Morgan fingerprint density at radius 1 is 1.31 bits per heavy atom. The average molecular weight is 427 g/mol. The first-order valence-corrected chi connectivity index (χ1v) is 11.1. The van der Waals surface area contributed by atoms with Crippen LogP contribution in [0.3, 0.4) is 0 Å². The molecule has 0 radical (unpaired) electrons. The Hall–Kier alpha value is -2.65. The summed E-state index contributed by atoms with van der Waals surface area (Å²) in [5, 5.41) is 5.51. The maximum atomic E-state index is 12.9. The third-order valence-corrected chi connectivity index (χ3v) is 7.23. The van der Waals surface area contributed by atoms with E-state index in [9.17, 15) is 4.79 Å². The Kier molecular flexibility index (Phi) is 4.63. The highest BCUT2D eigenvalue weighted by atomic mass is 32.2. The highest BCUT2D eigenvalue weighted by Crippen LogP contribution is 2.35. The molecule has 0 unspecified atom stereocenters. The number of hydrogen-bond donors (Lipinski definition) is 0. The quantitative estimate of drug-likeness (QED) is 0.354. The molecule has 1 aliphatic carbocycles. The van der Waals surface area contributed by atoms with Crippen molar-refractivity contribution in [2.75, 3.05) is 7.11 Å². The molecule has 0 spiro atoms. The molecule has 0 saturated carbocycles. The van der Waals surface area contributed by atoms with Crippen molar-refractivity contribution in [1.82, 2.24) is 19.7 Å². The Morgan fingerprint density at radius 3 is 3.07 bits per heavy atom. The van der Waals surface area contributed by atoms with Gasteiger partial charge in [-0.15, -0.1) is 11.3 Å². The standard InChI is InChI=1S/C20H18N4O3S2/c1-24-19(25)16-13-7-4-8-14(13)29-18(16)22-20(24)28-10-15-21-17(23-27-15)11-5-3-6-12(9-11)26-2/h3,5-6,9H,4,7-8,10H2,1-2H3. The summed E-state index contributed by atoms with van der Waals surface area (Å²) >= 11 is 3.07. The number of thiophene rings is 1. The molecule has 0 bridgehead atoms. The number of benzene rings is 1. The van der Waals surface area contributed by atoms with Crippen LogP contribution in [0.4, 0.5) is 0 Å². The van der Waals surface area contributed by atoms with Crippen LogP contribution in [0, 0.1) is 0 Å². The van der Waals surface area contributed by atoms with E-state index in [-0.39, 0.29) is 5.56 Å². The van der Waals surface area contributed by atoms with Gasteiger partial charge in [0.25, 0.3) is 5.56 Å². The number of hydrogen-bond acceptors (Lipinski definition) is 8. The zero-order valence-electron chi connectivity index (χ0n) is 16.0. The first-order chi connectivity index (χ1) is 14.1. The Morgan fingerprint density at radius 2 is 2.21 bits per heavy atom. The Bertz CT molecular complexity index is 1270. The topological polar surface area (TPSA) is 83.0 Å². The largest absolute Gasteiger partial charge is 0.497 e. The summed E-state index contributed by atoms with van der Waals surface area (Å²) in [6.45, 7) is 0. The molecule has 3 aromatic heterocycles. The van der Waals surface area contributed by atoms with Crippen LogP contribution >= 0.6 is 23.1 Å². The Balaban J connectivity index is 1.39.